The van der Waals surface area contributed by atoms with E-state index < -0.39 is 26.6 Å². The SMILES string of the molecule is CC(C)(C)[Si](OC[C@H]1O[C@H](CO)[C@@H](O)C/C=C\C[C@@H]1OCc1ccccc1)(c1ccccc1)c1ccccc1. The van der Waals surface area contributed by atoms with E-state index in [9.17, 15) is 10.2 Å². The minimum Gasteiger partial charge on any atom is -0.405 e. The Balaban J connectivity index is 1.70. The van der Waals surface area contributed by atoms with Crippen molar-refractivity contribution in [3.05, 3.63) is 109 Å². The molecule has 39 heavy (non-hydrogen) atoms. The summed E-state index contributed by atoms with van der Waals surface area (Å²) in [4.78, 5) is 0. The second-order valence-electron chi connectivity index (χ2n) is 11.2. The fourth-order valence-corrected chi connectivity index (χ4v) is 9.98. The van der Waals surface area contributed by atoms with Gasteiger partial charge in [-0.2, -0.15) is 0 Å². The average Bonchev–Trinajstić information content (AvgIpc) is 3.02. The van der Waals surface area contributed by atoms with Crippen LogP contribution in [-0.2, 0) is 20.5 Å². The van der Waals surface area contributed by atoms with Crippen molar-refractivity contribution in [3.63, 3.8) is 0 Å². The van der Waals surface area contributed by atoms with Crippen LogP contribution in [0.25, 0.3) is 0 Å². The van der Waals surface area contributed by atoms with E-state index in [4.69, 9.17) is 13.9 Å². The molecule has 0 saturated heterocycles. The van der Waals surface area contributed by atoms with E-state index in [1.165, 1.54) is 10.4 Å². The molecule has 6 heteroatoms. The van der Waals surface area contributed by atoms with Crippen molar-refractivity contribution in [1.29, 1.82) is 0 Å². The maximum atomic E-state index is 10.7. The highest BCUT2D eigenvalue weighted by molar-refractivity contribution is 6.99. The first-order valence-corrected chi connectivity index (χ1v) is 15.8. The van der Waals surface area contributed by atoms with Crippen LogP contribution >= 0.6 is 0 Å². The van der Waals surface area contributed by atoms with E-state index in [0.717, 1.165) is 5.56 Å². The smallest absolute Gasteiger partial charge is 0.261 e. The third kappa shape index (κ3) is 7.14. The van der Waals surface area contributed by atoms with E-state index in [1.807, 2.05) is 54.6 Å². The third-order valence-corrected chi connectivity index (χ3v) is 12.5. The number of aliphatic hydroxyl groups excluding tert-OH is 2. The van der Waals surface area contributed by atoms with Gasteiger partial charge in [0.2, 0.25) is 0 Å². The van der Waals surface area contributed by atoms with Gasteiger partial charge >= 0.3 is 0 Å². The summed E-state index contributed by atoms with van der Waals surface area (Å²) in [5.41, 5.74) is 1.08. The molecule has 0 spiro atoms. The van der Waals surface area contributed by atoms with Gasteiger partial charge < -0.3 is 24.1 Å². The van der Waals surface area contributed by atoms with Gasteiger partial charge in [0.1, 0.15) is 12.2 Å². The summed E-state index contributed by atoms with van der Waals surface area (Å²) in [7, 11) is -2.82. The highest BCUT2D eigenvalue weighted by atomic mass is 28.4. The van der Waals surface area contributed by atoms with Gasteiger partial charge in [-0.3, -0.25) is 0 Å². The van der Waals surface area contributed by atoms with E-state index in [-0.39, 0.29) is 24.4 Å². The van der Waals surface area contributed by atoms with Gasteiger partial charge in [0.05, 0.1) is 32.0 Å². The Morgan fingerprint density at radius 2 is 1.33 bits per heavy atom. The molecular formula is C33H42O5Si. The summed E-state index contributed by atoms with van der Waals surface area (Å²) in [6.45, 7) is 7.16. The minimum atomic E-state index is -2.82. The van der Waals surface area contributed by atoms with E-state index in [0.29, 0.717) is 19.4 Å². The molecule has 1 heterocycles. The molecule has 0 radical (unpaired) electrons. The van der Waals surface area contributed by atoms with Crippen molar-refractivity contribution >= 4 is 18.7 Å². The lowest BCUT2D eigenvalue weighted by atomic mass is 10.1. The molecule has 0 amide bonds. The maximum Gasteiger partial charge on any atom is 0.261 e. The summed E-state index contributed by atoms with van der Waals surface area (Å²) in [5.74, 6) is 0. The van der Waals surface area contributed by atoms with Gasteiger partial charge in [-0.15, -0.1) is 0 Å². The number of rotatable bonds is 9. The predicted molar refractivity (Wildman–Crippen MR) is 159 cm³/mol. The highest BCUT2D eigenvalue weighted by Crippen LogP contribution is 2.37. The van der Waals surface area contributed by atoms with E-state index in [1.54, 1.807) is 0 Å². The van der Waals surface area contributed by atoms with E-state index in [2.05, 4.69) is 69.3 Å². The zero-order chi connectivity index (χ0) is 27.7. The lowest BCUT2D eigenvalue weighted by molar-refractivity contribution is -0.154. The normalized spacial score (nSPS) is 23.4. The molecule has 3 aromatic carbocycles. The van der Waals surface area contributed by atoms with E-state index >= 15 is 0 Å². The summed E-state index contributed by atoms with van der Waals surface area (Å²) >= 11 is 0. The molecule has 4 rings (SSSR count). The molecule has 4 atom stereocenters. The third-order valence-electron chi connectivity index (χ3n) is 7.47. The van der Waals surface area contributed by atoms with Crippen LogP contribution in [-0.4, -0.2) is 56.2 Å². The Kier molecular flexibility index (Phi) is 10.3. The topological polar surface area (TPSA) is 68.2 Å². The first kappa shape index (κ1) is 29.4. The number of hydrogen-bond acceptors (Lipinski definition) is 5. The summed E-state index contributed by atoms with van der Waals surface area (Å²) < 4.78 is 20.1. The lowest BCUT2D eigenvalue weighted by Gasteiger charge is -2.44. The summed E-state index contributed by atoms with van der Waals surface area (Å²) in [6.07, 6.45) is 2.66. The van der Waals surface area contributed by atoms with Crippen LogP contribution in [0.3, 0.4) is 0 Å². The molecule has 0 aromatic heterocycles. The fourth-order valence-electron chi connectivity index (χ4n) is 5.41. The maximum absolute atomic E-state index is 10.7. The Morgan fingerprint density at radius 3 is 1.87 bits per heavy atom. The van der Waals surface area contributed by atoms with Crippen LogP contribution in [0.2, 0.25) is 5.04 Å². The molecular weight excluding hydrogens is 504 g/mol. The summed E-state index contributed by atoms with van der Waals surface area (Å²) in [5, 5.41) is 23.0. The van der Waals surface area contributed by atoms with Crippen molar-refractivity contribution in [2.75, 3.05) is 13.2 Å². The molecule has 0 aliphatic carbocycles. The number of benzene rings is 3. The molecule has 0 saturated carbocycles. The molecule has 0 fully saturated rings. The summed E-state index contributed by atoms with van der Waals surface area (Å²) in [6, 6.07) is 31.1. The van der Waals surface area contributed by atoms with Gasteiger partial charge in [0, 0.05) is 0 Å². The Labute approximate surface area is 234 Å². The largest absolute Gasteiger partial charge is 0.405 e. The minimum absolute atomic E-state index is 0.190. The molecule has 1 aliphatic heterocycles. The molecule has 208 valence electrons. The average molecular weight is 547 g/mol. The Hall–Kier alpha value is -2.58. The quantitative estimate of drug-likeness (QED) is 0.303. The van der Waals surface area contributed by atoms with Crippen molar-refractivity contribution in [1.82, 2.24) is 0 Å². The molecule has 0 bridgehead atoms. The van der Waals surface area contributed by atoms with Gasteiger partial charge in [0.15, 0.2) is 0 Å². The van der Waals surface area contributed by atoms with Gasteiger partial charge in [-0.05, 0) is 33.8 Å². The van der Waals surface area contributed by atoms with Crippen molar-refractivity contribution in [2.45, 2.75) is 69.7 Å². The predicted octanol–water partition coefficient (Wildman–Crippen LogP) is 4.61. The molecule has 2 N–H and O–H groups in total. The fraction of sp³-hybridized carbons (Fsp3) is 0.394. The number of ether oxygens (including phenoxy) is 2. The first-order valence-electron chi connectivity index (χ1n) is 13.8. The molecule has 5 nitrogen and oxygen atoms in total. The zero-order valence-electron chi connectivity index (χ0n) is 23.3. The van der Waals surface area contributed by atoms with Crippen LogP contribution in [0, 0.1) is 0 Å². The van der Waals surface area contributed by atoms with Crippen LogP contribution < -0.4 is 10.4 Å². The van der Waals surface area contributed by atoms with Gasteiger partial charge in [-0.1, -0.05) is 124 Å². The molecule has 0 unspecified atom stereocenters. The zero-order valence-corrected chi connectivity index (χ0v) is 24.3. The van der Waals surface area contributed by atoms with Gasteiger partial charge in [-0.25, -0.2) is 0 Å². The van der Waals surface area contributed by atoms with Crippen LogP contribution in [0.1, 0.15) is 39.2 Å². The van der Waals surface area contributed by atoms with Crippen LogP contribution in [0.15, 0.2) is 103 Å². The lowest BCUT2D eigenvalue weighted by Crippen LogP contribution is -2.67. The molecule has 3 aromatic rings. The monoisotopic (exact) mass is 546 g/mol. The van der Waals surface area contributed by atoms with Crippen molar-refractivity contribution < 1.29 is 24.1 Å². The first-order chi connectivity index (χ1) is 18.8. The van der Waals surface area contributed by atoms with Gasteiger partial charge in [0.25, 0.3) is 8.32 Å². The van der Waals surface area contributed by atoms with Crippen LogP contribution in [0.5, 0.6) is 0 Å². The van der Waals surface area contributed by atoms with Crippen molar-refractivity contribution in [2.24, 2.45) is 0 Å². The Bertz CT molecular complexity index is 1110. The highest BCUT2D eigenvalue weighted by Gasteiger charge is 2.50. The second kappa shape index (κ2) is 13.7. The number of aliphatic hydroxyl groups is 2. The Morgan fingerprint density at radius 1 is 0.795 bits per heavy atom. The van der Waals surface area contributed by atoms with Crippen LogP contribution in [0.4, 0.5) is 0 Å². The standard InChI is InChI=1S/C33H42O5Si/c1-33(2,3)39(27-17-9-5-10-18-27,28-19-11-6-12-20-28)37-25-32-30(36-24-26-15-7-4-8-16-26)22-14-13-21-29(35)31(23-34)38-32/h4-20,29-32,34-35H,21-25H2,1-3H3/b14-13-/t29-,30-,31+,32+/m0/s1. The number of hydrogen-bond donors (Lipinski definition) is 2. The second-order valence-corrected chi connectivity index (χ2v) is 15.5. The van der Waals surface area contributed by atoms with Crippen molar-refractivity contribution in [3.8, 4) is 0 Å². The molecule has 1 aliphatic rings.